The Morgan fingerprint density at radius 3 is 2.59 bits per heavy atom. The lowest BCUT2D eigenvalue weighted by Crippen LogP contribution is -2.36. The number of anilines is 4. The molecule has 0 spiro atoms. The van der Waals surface area contributed by atoms with Crippen LogP contribution in [0.25, 0.3) is 0 Å². The maximum absolute atomic E-state index is 13.0. The van der Waals surface area contributed by atoms with Crippen LogP contribution < -0.4 is 21.5 Å². The molecule has 2 heterocycles. The molecule has 1 aromatic heterocycles. The predicted molar refractivity (Wildman–Crippen MR) is 125 cm³/mol. The number of halogens is 2. The van der Waals surface area contributed by atoms with Gasteiger partial charge in [0.05, 0.1) is 22.2 Å². The summed E-state index contributed by atoms with van der Waals surface area (Å²) in [5.74, 6) is -1.76. The number of rotatable bonds is 4. The molecule has 32 heavy (non-hydrogen) atoms. The second kappa shape index (κ2) is 8.64. The van der Waals surface area contributed by atoms with Gasteiger partial charge < -0.3 is 16.0 Å². The molecule has 0 unspecified atom stereocenters. The van der Waals surface area contributed by atoms with E-state index in [9.17, 15) is 14.4 Å². The summed E-state index contributed by atoms with van der Waals surface area (Å²) < 4.78 is 0. The van der Waals surface area contributed by atoms with E-state index in [1.807, 2.05) is 26.0 Å². The van der Waals surface area contributed by atoms with Crippen molar-refractivity contribution in [3.05, 3.63) is 73.5 Å². The van der Waals surface area contributed by atoms with Crippen LogP contribution in [0.3, 0.4) is 0 Å². The maximum atomic E-state index is 13.0. The Labute approximate surface area is 193 Å². The van der Waals surface area contributed by atoms with Crippen LogP contribution in [0.4, 0.5) is 23.1 Å². The number of carbonyl (C=O) groups excluding carboxylic acids is 2. The molecule has 1 aliphatic rings. The largest absolute Gasteiger partial charge is 0.326 e. The minimum atomic E-state index is -0.982. The molecule has 0 bridgehead atoms. The molecule has 2 amide bonds. The zero-order valence-corrected chi connectivity index (χ0v) is 18.7. The summed E-state index contributed by atoms with van der Waals surface area (Å²) in [7, 11) is 0. The van der Waals surface area contributed by atoms with E-state index in [1.54, 1.807) is 18.2 Å². The molecule has 1 aliphatic heterocycles. The van der Waals surface area contributed by atoms with Gasteiger partial charge in [0.25, 0.3) is 5.56 Å². The van der Waals surface area contributed by atoms with E-state index in [4.69, 9.17) is 23.2 Å². The van der Waals surface area contributed by atoms with Crippen molar-refractivity contribution in [1.82, 2.24) is 9.97 Å². The summed E-state index contributed by atoms with van der Waals surface area (Å²) in [4.78, 5) is 45.0. The lowest BCUT2D eigenvalue weighted by atomic mass is 9.92. The van der Waals surface area contributed by atoms with Crippen molar-refractivity contribution in [1.29, 1.82) is 0 Å². The molecule has 0 saturated heterocycles. The van der Waals surface area contributed by atoms with Gasteiger partial charge in [-0.25, -0.2) is 0 Å². The smallest absolute Gasteiger partial charge is 0.258 e. The highest BCUT2D eigenvalue weighted by atomic mass is 35.5. The fourth-order valence-corrected chi connectivity index (χ4v) is 3.88. The first-order valence-electron chi connectivity index (χ1n) is 9.75. The fourth-order valence-electron chi connectivity index (χ4n) is 3.42. The molecule has 0 radical (unpaired) electrons. The Balaban J connectivity index is 1.64. The number of amides is 2. The monoisotopic (exact) mass is 471 g/mol. The first kappa shape index (κ1) is 21.9. The predicted octanol–water partition coefficient (Wildman–Crippen LogP) is 4.50. The standard InChI is InChI=1S/C22H19Cl2N5O3/c1-10-3-5-13(7-11(10)2)25-20(31)14-9-17(30)27-19-18(14)21(32)29-22(28-19)26-16-6-4-12(23)8-15(16)24/h3-8,14H,9H2,1-2H3,(H,25,31)(H3,26,27,28,29,30,32)/t14-/m1/s1. The van der Waals surface area contributed by atoms with E-state index in [1.165, 1.54) is 6.07 Å². The molecule has 0 fully saturated rings. The lowest BCUT2D eigenvalue weighted by Gasteiger charge is -2.24. The molecule has 0 saturated carbocycles. The van der Waals surface area contributed by atoms with Crippen molar-refractivity contribution in [2.45, 2.75) is 26.2 Å². The highest BCUT2D eigenvalue weighted by Gasteiger charge is 2.34. The third kappa shape index (κ3) is 4.46. The second-order valence-corrected chi connectivity index (χ2v) is 8.36. The Bertz CT molecular complexity index is 1310. The first-order chi connectivity index (χ1) is 15.2. The molecule has 8 nitrogen and oxygen atoms in total. The minimum Gasteiger partial charge on any atom is -0.326 e. The summed E-state index contributed by atoms with van der Waals surface area (Å²) in [5.41, 5.74) is 2.71. The number of hydrogen-bond donors (Lipinski definition) is 4. The maximum Gasteiger partial charge on any atom is 0.258 e. The fraction of sp³-hybridized carbons (Fsp3) is 0.182. The van der Waals surface area contributed by atoms with Crippen LogP contribution in [-0.4, -0.2) is 21.8 Å². The molecule has 10 heteroatoms. The van der Waals surface area contributed by atoms with Gasteiger partial charge in [-0.3, -0.25) is 19.4 Å². The highest BCUT2D eigenvalue weighted by molar-refractivity contribution is 6.36. The van der Waals surface area contributed by atoms with Crippen molar-refractivity contribution in [2.24, 2.45) is 0 Å². The molecular weight excluding hydrogens is 453 g/mol. The van der Waals surface area contributed by atoms with E-state index in [0.29, 0.717) is 21.4 Å². The van der Waals surface area contributed by atoms with Crippen LogP contribution in [0.5, 0.6) is 0 Å². The molecule has 2 aromatic carbocycles. The summed E-state index contributed by atoms with van der Waals surface area (Å²) in [6, 6.07) is 10.3. The van der Waals surface area contributed by atoms with Gasteiger partial charge in [0, 0.05) is 17.1 Å². The molecular formula is C22H19Cl2N5O3. The quantitative estimate of drug-likeness (QED) is 0.446. The van der Waals surface area contributed by atoms with E-state index in [0.717, 1.165) is 11.1 Å². The number of nitrogens with zero attached hydrogens (tertiary/aromatic N) is 1. The van der Waals surface area contributed by atoms with Crippen LogP contribution in [0.15, 0.2) is 41.2 Å². The lowest BCUT2D eigenvalue weighted by molar-refractivity contribution is -0.123. The number of nitrogens with one attached hydrogen (secondary N) is 4. The number of aryl methyl sites for hydroxylation is 2. The van der Waals surface area contributed by atoms with Gasteiger partial charge in [-0.15, -0.1) is 0 Å². The topological polar surface area (TPSA) is 116 Å². The van der Waals surface area contributed by atoms with E-state index < -0.39 is 23.3 Å². The van der Waals surface area contributed by atoms with E-state index in [2.05, 4.69) is 25.9 Å². The number of hydrogen-bond acceptors (Lipinski definition) is 5. The van der Waals surface area contributed by atoms with Crippen LogP contribution in [0, 0.1) is 13.8 Å². The zero-order valence-electron chi connectivity index (χ0n) is 17.2. The number of H-pyrrole nitrogens is 1. The zero-order chi connectivity index (χ0) is 23.0. The molecule has 0 aliphatic carbocycles. The van der Waals surface area contributed by atoms with E-state index in [-0.39, 0.29) is 23.8 Å². The van der Waals surface area contributed by atoms with Crippen molar-refractivity contribution in [3.8, 4) is 0 Å². The summed E-state index contributed by atoms with van der Waals surface area (Å²) in [6.45, 7) is 3.90. The third-order valence-electron chi connectivity index (χ3n) is 5.23. The molecule has 4 rings (SSSR count). The van der Waals surface area contributed by atoms with E-state index >= 15 is 0 Å². The van der Waals surface area contributed by atoms with Gasteiger partial charge in [0.1, 0.15) is 5.82 Å². The first-order valence-corrected chi connectivity index (χ1v) is 10.5. The molecule has 3 aromatic rings. The van der Waals surface area contributed by atoms with Gasteiger partial charge in [-0.1, -0.05) is 29.3 Å². The number of fused-ring (bicyclic) bond motifs is 1. The van der Waals surface area contributed by atoms with Crippen molar-refractivity contribution < 1.29 is 9.59 Å². The van der Waals surface area contributed by atoms with Crippen molar-refractivity contribution in [3.63, 3.8) is 0 Å². The number of carbonyl (C=O) groups is 2. The Morgan fingerprint density at radius 1 is 1.09 bits per heavy atom. The van der Waals surface area contributed by atoms with Gasteiger partial charge >= 0.3 is 0 Å². The minimum absolute atomic E-state index is 0.0258. The highest BCUT2D eigenvalue weighted by Crippen LogP contribution is 2.31. The Morgan fingerprint density at radius 2 is 1.88 bits per heavy atom. The SMILES string of the molecule is Cc1ccc(NC(=O)[C@@H]2CC(=O)Nc3nc(Nc4ccc(Cl)cc4Cl)[nH]c(=O)c32)cc1C. The van der Waals surface area contributed by atoms with Gasteiger partial charge in [0.15, 0.2) is 0 Å². The second-order valence-electron chi connectivity index (χ2n) is 7.52. The summed E-state index contributed by atoms with van der Waals surface area (Å²) in [5, 5.41) is 9.04. The average molecular weight is 472 g/mol. The molecule has 4 N–H and O–H groups in total. The normalized spacial score (nSPS) is 15.0. The number of aromatic nitrogens is 2. The molecule has 1 atom stereocenters. The average Bonchev–Trinajstić information content (AvgIpc) is 2.72. The van der Waals surface area contributed by atoms with Crippen molar-refractivity contribution in [2.75, 3.05) is 16.0 Å². The van der Waals surface area contributed by atoms with Crippen molar-refractivity contribution >= 4 is 58.2 Å². The number of benzene rings is 2. The summed E-state index contributed by atoms with van der Waals surface area (Å²) in [6.07, 6.45) is -0.162. The van der Waals surface area contributed by atoms with Gasteiger partial charge in [-0.2, -0.15) is 4.98 Å². The van der Waals surface area contributed by atoms with Crippen LogP contribution >= 0.6 is 23.2 Å². The van der Waals surface area contributed by atoms with Gasteiger partial charge in [-0.05, 0) is 55.3 Å². The van der Waals surface area contributed by atoms with Crippen LogP contribution in [-0.2, 0) is 9.59 Å². The Hall–Kier alpha value is -3.36. The Kier molecular flexibility index (Phi) is 5.90. The van der Waals surface area contributed by atoms with Gasteiger partial charge in [0.2, 0.25) is 17.8 Å². The van der Waals surface area contributed by atoms with Crippen LogP contribution in [0.2, 0.25) is 10.0 Å². The van der Waals surface area contributed by atoms with Crippen LogP contribution in [0.1, 0.15) is 29.0 Å². The molecule has 164 valence electrons. The third-order valence-corrected chi connectivity index (χ3v) is 5.77. The summed E-state index contributed by atoms with van der Waals surface area (Å²) >= 11 is 12.1. The number of aromatic amines is 1.